The highest BCUT2D eigenvalue weighted by molar-refractivity contribution is 5.94. The molecule has 174 valence electrons. The summed E-state index contributed by atoms with van der Waals surface area (Å²) in [6, 6.07) is 13.8. The molecule has 1 atom stereocenters. The summed E-state index contributed by atoms with van der Waals surface area (Å²) in [5, 5.41) is 22.8. The molecule has 0 saturated heterocycles. The van der Waals surface area contributed by atoms with Gasteiger partial charge in [0.05, 0.1) is 12.2 Å². The fraction of sp³-hybridized carbons (Fsp3) is 0.227. The number of aromatic nitrogens is 3. The van der Waals surface area contributed by atoms with Crippen LogP contribution in [-0.2, 0) is 22.6 Å². The van der Waals surface area contributed by atoms with Crippen molar-refractivity contribution in [3.05, 3.63) is 83.4 Å². The number of hydrogen-bond donors (Lipinski definition) is 6. The van der Waals surface area contributed by atoms with E-state index in [1.165, 1.54) is 0 Å². The van der Waals surface area contributed by atoms with Crippen molar-refractivity contribution in [1.82, 2.24) is 31.1 Å². The lowest BCUT2D eigenvalue weighted by Gasteiger charge is -2.17. The molecule has 0 aliphatic heterocycles. The number of carbonyl (C=O) groups excluding carboxylic acids is 2. The third-order valence-corrected chi connectivity index (χ3v) is 4.72. The Bertz CT molecular complexity index is 1030. The minimum atomic E-state index is -0.716. The zero-order valence-electron chi connectivity index (χ0n) is 17.9. The number of nitrogens with one attached hydrogen (secondary N) is 5. The van der Waals surface area contributed by atoms with E-state index in [4.69, 9.17) is 11.1 Å². The molecule has 0 bridgehead atoms. The van der Waals surface area contributed by atoms with Crippen LogP contribution in [0.5, 0.6) is 0 Å². The Balaban J connectivity index is 0.00000385. The predicted octanol–water partition coefficient (Wildman–Crippen LogP) is 0.817. The maximum Gasteiger partial charge on any atom is 0.243 e. The second-order valence-electron chi connectivity index (χ2n) is 7.08. The number of hydrogen-bond acceptors (Lipinski definition) is 6. The van der Waals surface area contributed by atoms with Crippen LogP contribution >= 0.6 is 12.4 Å². The van der Waals surface area contributed by atoms with E-state index in [0.29, 0.717) is 30.8 Å². The summed E-state index contributed by atoms with van der Waals surface area (Å²) >= 11 is 0. The molecule has 0 aliphatic rings. The molecular formula is C22H27ClN8O2. The van der Waals surface area contributed by atoms with E-state index in [1.807, 2.05) is 30.3 Å². The van der Waals surface area contributed by atoms with Gasteiger partial charge in [0.1, 0.15) is 11.9 Å². The molecule has 10 nitrogen and oxygen atoms in total. The largest absolute Gasteiger partial charge is 0.384 e. The zero-order valence-corrected chi connectivity index (χ0v) is 18.7. The highest BCUT2D eigenvalue weighted by Crippen LogP contribution is 2.12. The van der Waals surface area contributed by atoms with Crippen LogP contribution < -0.4 is 21.7 Å². The highest BCUT2D eigenvalue weighted by Gasteiger charge is 2.22. The zero-order chi connectivity index (χ0) is 22.8. The second kappa shape index (κ2) is 12.9. The Labute approximate surface area is 197 Å². The van der Waals surface area contributed by atoms with Gasteiger partial charge in [-0.25, -0.2) is 0 Å². The molecular weight excluding hydrogens is 444 g/mol. The molecule has 2 aromatic heterocycles. The lowest BCUT2D eigenvalue weighted by Crippen LogP contribution is -2.43. The van der Waals surface area contributed by atoms with Gasteiger partial charge in [-0.05, 0) is 23.8 Å². The van der Waals surface area contributed by atoms with Gasteiger partial charge in [-0.1, -0.05) is 30.3 Å². The Morgan fingerprint density at radius 3 is 2.48 bits per heavy atom. The van der Waals surface area contributed by atoms with E-state index >= 15 is 0 Å². The Morgan fingerprint density at radius 1 is 1.06 bits per heavy atom. The summed E-state index contributed by atoms with van der Waals surface area (Å²) < 4.78 is 0. The number of H-pyrrole nitrogens is 1. The summed E-state index contributed by atoms with van der Waals surface area (Å²) in [5.74, 6) is -0.635. The van der Waals surface area contributed by atoms with E-state index in [2.05, 4.69) is 31.1 Å². The SMILES string of the molecule is Cl.N=C(N)c1ccc(CNC(C(=O)NCC(=O)NCCc2ccccn2)c2ccn[nH]2)cc1. The van der Waals surface area contributed by atoms with Crippen LogP contribution in [0.25, 0.3) is 0 Å². The van der Waals surface area contributed by atoms with Gasteiger partial charge in [-0.2, -0.15) is 5.10 Å². The van der Waals surface area contributed by atoms with Crippen LogP contribution in [0, 0.1) is 5.41 Å². The third-order valence-electron chi connectivity index (χ3n) is 4.72. The van der Waals surface area contributed by atoms with Gasteiger partial charge in [0, 0.05) is 43.2 Å². The number of amidine groups is 1. The number of rotatable bonds is 11. The maximum atomic E-state index is 12.8. The number of benzene rings is 1. The molecule has 7 N–H and O–H groups in total. The van der Waals surface area contributed by atoms with E-state index < -0.39 is 6.04 Å². The average molecular weight is 471 g/mol. The number of carbonyl (C=O) groups is 2. The fourth-order valence-corrected chi connectivity index (χ4v) is 3.00. The summed E-state index contributed by atoms with van der Waals surface area (Å²) in [4.78, 5) is 29.1. The number of nitrogens with zero attached hydrogens (tertiary/aromatic N) is 2. The molecule has 2 amide bonds. The first-order valence-electron chi connectivity index (χ1n) is 10.1. The van der Waals surface area contributed by atoms with Crippen molar-refractivity contribution in [2.75, 3.05) is 13.1 Å². The molecule has 3 rings (SSSR count). The van der Waals surface area contributed by atoms with Crippen molar-refractivity contribution in [2.45, 2.75) is 19.0 Å². The molecule has 33 heavy (non-hydrogen) atoms. The molecule has 3 aromatic rings. The van der Waals surface area contributed by atoms with Gasteiger partial charge in [-0.3, -0.25) is 30.4 Å². The quantitative estimate of drug-likeness (QED) is 0.179. The molecule has 0 spiro atoms. The first-order valence-corrected chi connectivity index (χ1v) is 10.1. The molecule has 11 heteroatoms. The monoisotopic (exact) mass is 470 g/mol. The van der Waals surface area contributed by atoms with Crippen molar-refractivity contribution < 1.29 is 9.59 Å². The number of amides is 2. The summed E-state index contributed by atoms with van der Waals surface area (Å²) in [7, 11) is 0. The van der Waals surface area contributed by atoms with Crippen molar-refractivity contribution in [3.8, 4) is 0 Å². The number of pyridine rings is 1. The topological polar surface area (TPSA) is 162 Å². The van der Waals surface area contributed by atoms with Gasteiger partial charge < -0.3 is 16.4 Å². The average Bonchev–Trinajstić information content (AvgIpc) is 3.33. The number of halogens is 1. The molecule has 2 heterocycles. The van der Waals surface area contributed by atoms with Crippen LogP contribution in [0.3, 0.4) is 0 Å². The number of nitrogen functional groups attached to an aromatic ring is 1. The molecule has 0 fully saturated rings. The molecule has 0 aliphatic carbocycles. The standard InChI is InChI=1S/C22H26N8O2.ClH/c23-21(24)16-6-4-15(5-7-16)13-27-20(18-9-12-29-30-18)22(32)28-14-19(31)26-11-8-17-3-1-2-10-25-17;/h1-7,9-10,12,20,27H,8,11,13-14H2,(H3,23,24)(H,26,31)(H,28,32)(H,29,30);1H. The van der Waals surface area contributed by atoms with Crippen LogP contribution in [0.4, 0.5) is 0 Å². The van der Waals surface area contributed by atoms with E-state index in [1.54, 1.807) is 30.6 Å². The number of aromatic amines is 1. The summed E-state index contributed by atoms with van der Waals surface area (Å²) in [6.45, 7) is 0.691. The van der Waals surface area contributed by atoms with Crippen molar-refractivity contribution in [1.29, 1.82) is 5.41 Å². The van der Waals surface area contributed by atoms with Crippen LogP contribution in [0.1, 0.15) is 28.6 Å². The lowest BCUT2D eigenvalue weighted by molar-refractivity contribution is -0.127. The van der Waals surface area contributed by atoms with Gasteiger partial charge in [0.15, 0.2) is 0 Å². The van der Waals surface area contributed by atoms with Crippen molar-refractivity contribution in [3.63, 3.8) is 0 Å². The Kier molecular flexibility index (Phi) is 10.00. The summed E-state index contributed by atoms with van der Waals surface area (Å²) in [6.07, 6.45) is 3.88. The van der Waals surface area contributed by atoms with E-state index in [0.717, 1.165) is 11.3 Å². The minimum absolute atomic E-state index is 0. The summed E-state index contributed by atoms with van der Waals surface area (Å²) in [5.41, 5.74) is 8.49. The van der Waals surface area contributed by atoms with Gasteiger partial charge in [0.25, 0.3) is 0 Å². The molecule has 1 aromatic carbocycles. The van der Waals surface area contributed by atoms with E-state index in [-0.39, 0.29) is 36.6 Å². The predicted molar refractivity (Wildman–Crippen MR) is 127 cm³/mol. The van der Waals surface area contributed by atoms with Gasteiger partial charge in [0.2, 0.25) is 11.8 Å². The van der Waals surface area contributed by atoms with Gasteiger partial charge in [-0.15, -0.1) is 12.4 Å². The van der Waals surface area contributed by atoms with Crippen molar-refractivity contribution >= 4 is 30.1 Å². The second-order valence-corrected chi connectivity index (χ2v) is 7.08. The van der Waals surface area contributed by atoms with Crippen LogP contribution in [0.15, 0.2) is 60.9 Å². The smallest absolute Gasteiger partial charge is 0.243 e. The Hall–Kier alpha value is -3.76. The van der Waals surface area contributed by atoms with Gasteiger partial charge >= 0.3 is 0 Å². The molecule has 1 unspecified atom stereocenters. The molecule has 0 saturated carbocycles. The molecule has 0 radical (unpaired) electrons. The minimum Gasteiger partial charge on any atom is -0.384 e. The third kappa shape index (κ3) is 8.02. The van der Waals surface area contributed by atoms with Crippen LogP contribution in [0.2, 0.25) is 0 Å². The van der Waals surface area contributed by atoms with E-state index in [9.17, 15) is 9.59 Å². The highest BCUT2D eigenvalue weighted by atomic mass is 35.5. The first kappa shape index (κ1) is 25.5. The fourth-order valence-electron chi connectivity index (χ4n) is 3.00. The van der Waals surface area contributed by atoms with Crippen molar-refractivity contribution in [2.24, 2.45) is 5.73 Å². The normalized spacial score (nSPS) is 11.2. The first-order chi connectivity index (χ1) is 15.5. The maximum absolute atomic E-state index is 12.8. The Morgan fingerprint density at radius 2 is 1.85 bits per heavy atom. The number of nitrogens with two attached hydrogens (primary N) is 1. The van der Waals surface area contributed by atoms with Crippen LogP contribution in [-0.4, -0.2) is 45.9 Å². The lowest BCUT2D eigenvalue weighted by atomic mass is 10.1.